The number of thiazole rings is 1. The number of hydrogen-bond donors (Lipinski definition) is 0. The Kier molecular flexibility index (Phi) is 4.82. The number of aromatic nitrogens is 1. The molecule has 5 aromatic rings. The second kappa shape index (κ2) is 7.89. The van der Waals surface area contributed by atoms with Crippen molar-refractivity contribution >= 4 is 50.2 Å². The summed E-state index contributed by atoms with van der Waals surface area (Å²) in [6, 6.07) is 20.1. The highest BCUT2D eigenvalue weighted by Crippen LogP contribution is 2.36. The molecule has 0 amide bonds. The Bertz CT molecular complexity index is 1590. The highest BCUT2D eigenvalue weighted by Gasteiger charge is 2.34. The van der Waals surface area contributed by atoms with Gasteiger partial charge in [0.25, 0.3) is 0 Å². The maximum Gasteiger partial charge on any atom is 0.238 e. The Morgan fingerprint density at radius 3 is 2.18 bits per heavy atom. The summed E-state index contributed by atoms with van der Waals surface area (Å²) in [4.78, 5) is 30.7. The zero-order valence-electron chi connectivity index (χ0n) is 18.8. The first-order chi connectivity index (χ1) is 16.6. The normalized spacial score (nSPS) is 13.3. The lowest BCUT2D eigenvalue weighted by molar-refractivity contribution is 0.0990. The van der Waals surface area contributed by atoms with Crippen LogP contribution in [0.3, 0.4) is 0 Å². The Morgan fingerprint density at radius 1 is 0.853 bits per heavy atom. The lowest BCUT2D eigenvalue weighted by Crippen LogP contribution is -1.99. The molecule has 0 aliphatic heterocycles. The van der Waals surface area contributed by atoms with Crippen LogP contribution in [0.25, 0.3) is 37.8 Å². The SMILES string of the molecule is CCc1cc2c(cc1CC)C(=O)C(=Cc1cc3sc(-c4ccc5ccccc5c4)nc3o1)C2=O. The molecule has 4 nitrogen and oxygen atoms in total. The van der Waals surface area contributed by atoms with Crippen LogP contribution in [0.4, 0.5) is 0 Å². The van der Waals surface area contributed by atoms with Gasteiger partial charge in [-0.25, -0.2) is 4.98 Å². The van der Waals surface area contributed by atoms with Crippen LogP contribution in [0.15, 0.2) is 70.7 Å². The molecular weight excluding hydrogens is 442 g/mol. The zero-order valence-corrected chi connectivity index (χ0v) is 19.7. The molecule has 1 aliphatic carbocycles. The van der Waals surface area contributed by atoms with E-state index in [-0.39, 0.29) is 17.1 Å². The smallest absolute Gasteiger partial charge is 0.238 e. The van der Waals surface area contributed by atoms with Crippen molar-refractivity contribution in [1.82, 2.24) is 4.98 Å². The van der Waals surface area contributed by atoms with Crippen molar-refractivity contribution in [2.75, 3.05) is 0 Å². The van der Waals surface area contributed by atoms with Gasteiger partial charge in [-0.05, 0) is 59.0 Å². The van der Waals surface area contributed by atoms with Gasteiger partial charge in [0.1, 0.15) is 10.8 Å². The van der Waals surface area contributed by atoms with Crippen molar-refractivity contribution in [2.24, 2.45) is 0 Å². The van der Waals surface area contributed by atoms with Gasteiger partial charge >= 0.3 is 0 Å². The Hall–Kier alpha value is -3.83. The average Bonchev–Trinajstić information content (AvgIpc) is 3.50. The summed E-state index contributed by atoms with van der Waals surface area (Å²) in [5, 5.41) is 3.22. The minimum absolute atomic E-state index is 0.154. The van der Waals surface area contributed by atoms with Crippen molar-refractivity contribution < 1.29 is 14.0 Å². The van der Waals surface area contributed by atoms with Crippen LogP contribution in [0.2, 0.25) is 0 Å². The predicted molar refractivity (Wildman–Crippen MR) is 137 cm³/mol. The molecule has 0 N–H and O–H groups in total. The topological polar surface area (TPSA) is 60.2 Å². The highest BCUT2D eigenvalue weighted by molar-refractivity contribution is 7.21. The molecule has 34 heavy (non-hydrogen) atoms. The molecule has 0 saturated carbocycles. The second-order valence-electron chi connectivity index (χ2n) is 8.49. The molecule has 0 spiro atoms. The van der Waals surface area contributed by atoms with Crippen molar-refractivity contribution in [1.29, 1.82) is 0 Å². The van der Waals surface area contributed by atoms with Crippen LogP contribution in [-0.4, -0.2) is 16.6 Å². The molecule has 0 radical (unpaired) electrons. The van der Waals surface area contributed by atoms with Gasteiger partial charge in [0.05, 0.1) is 10.3 Å². The molecule has 5 heteroatoms. The fourth-order valence-corrected chi connectivity index (χ4v) is 5.59. The first kappa shape index (κ1) is 20.8. The molecule has 0 fully saturated rings. The van der Waals surface area contributed by atoms with E-state index in [1.54, 1.807) is 6.08 Å². The number of Topliss-reactive ketones (excluding diaryl/α,β-unsaturated/α-hetero) is 2. The lowest BCUT2D eigenvalue weighted by atomic mass is 9.96. The van der Waals surface area contributed by atoms with Gasteiger partial charge in [-0.15, -0.1) is 11.3 Å². The molecule has 1 aliphatic rings. The number of benzene rings is 3. The number of nitrogens with zero attached hydrogens (tertiary/aromatic N) is 1. The standard InChI is InChI=1S/C29H21NO3S/c1-3-16-12-22-23(13-17(16)4-2)27(32)24(26(22)31)14-21-15-25-28(33-21)30-29(34-25)20-10-9-18-7-5-6-8-19(18)11-20/h5-15H,3-4H2,1-2H3. The van der Waals surface area contributed by atoms with Crippen LogP contribution in [0.1, 0.15) is 51.5 Å². The number of furan rings is 1. The van der Waals surface area contributed by atoms with Gasteiger partial charge in [-0.3, -0.25) is 9.59 Å². The fraction of sp³-hybridized carbons (Fsp3) is 0.138. The molecule has 0 unspecified atom stereocenters. The van der Waals surface area contributed by atoms with E-state index in [0.29, 0.717) is 22.6 Å². The van der Waals surface area contributed by atoms with Crippen molar-refractivity contribution in [3.05, 3.63) is 94.3 Å². The fourth-order valence-electron chi connectivity index (χ4n) is 4.66. The van der Waals surface area contributed by atoms with Crippen LogP contribution in [0, 0.1) is 0 Å². The van der Waals surface area contributed by atoms with Gasteiger partial charge in [0.15, 0.2) is 11.6 Å². The molecule has 0 atom stereocenters. The minimum Gasteiger partial charge on any atom is -0.437 e. The van der Waals surface area contributed by atoms with E-state index >= 15 is 0 Å². The van der Waals surface area contributed by atoms with Crippen molar-refractivity contribution in [2.45, 2.75) is 26.7 Å². The van der Waals surface area contributed by atoms with Crippen LogP contribution >= 0.6 is 11.3 Å². The summed E-state index contributed by atoms with van der Waals surface area (Å²) < 4.78 is 6.80. The van der Waals surface area contributed by atoms with E-state index in [4.69, 9.17) is 4.42 Å². The van der Waals surface area contributed by atoms with Crippen molar-refractivity contribution in [3.8, 4) is 10.6 Å². The summed E-state index contributed by atoms with van der Waals surface area (Å²) in [6.07, 6.45) is 3.22. The van der Waals surface area contributed by atoms with Gasteiger partial charge in [0, 0.05) is 22.8 Å². The monoisotopic (exact) mass is 463 g/mol. The Balaban J connectivity index is 1.34. The van der Waals surface area contributed by atoms with E-state index in [1.165, 1.54) is 16.7 Å². The maximum absolute atomic E-state index is 13.0. The summed E-state index contributed by atoms with van der Waals surface area (Å²) in [5.74, 6) is -0.00131. The first-order valence-corrected chi connectivity index (χ1v) is 12.2. The summed E-state index contributed by atoms with van der Waals surface area (Å²) >= 11 is 1.53. The number of aryl methyl sites for hydroxylation is 2. The molecule has 3 aromatic carbocycles. The van der Waals surface area contributed by atoms with Crippen molar-refractivity contribution in [3.63, 3.8) is 0 Å². The first-order valence-electron chi connectivity index (χ1n) is 11.4. The van der Waals surface area contributed by atoms with E-state index in [0.717, 1.165) is 44.6 Å². The average molecular weight is 464 g/mol. The minimum atomic E-state index is -0.234. The number of hydrogen-bond acceptors (Lipinski definition) is 5. The zero-order chi connectivity index (χ0) is 23.4. The van der Waals surface area contributed by atoms with Gasteiger partial charge in [0.2, 0.25) is 5.71 Å². The third kappa shape index (κ3) is 3.24. The Labute approximate surface area is 200 Å². The second-order valence-corrected chi connectivity index (χ2v) is 9.52. The summed E-state index contributed by atoms with van der Waals surface area (Å²) in [6.45, 7) is 4.13. The van der Waals surface area contributed by atoms with Gasteiger partial charge in [-0.2, -0.15) is 0 Å². The molecule has 2 heterocycles. The van der Waals surface area contributed by atoms with Gasteiger partial charge in [-0.1, -0.05) is 50.2 Å². The lowest BCUT2D eigenvalue weighted by Gasteiger charge is -2.07. The highest BCUT2D eigenvalue weighted by atomic mass is 32.1. The van der Waals surface area contributed by atoms with E-state index in [2.05, 4.69) is 49.2 Å². The number of rotatable bonds is 4. The number of allylic oxidation sites excluding steroid dienone is 1. The molecule has 0 bridgehead atoms. The van der Waals surface area contributed by atoms with Crippen LogP contribution < -0.4 is 0 Å². The predicted octanol–water partition coefficient (Wildman–Crippen LogP) is 7.30. The molecular formula is C29H21NO3S. The molecule has 2 aromatic heterocycles. The third-order valence-corrected chi connectivity index (χ3v) is 7.50. The number of fused-ring (bicyclic) bond motifs is 3. The van der Waals surface area contributed by atoms with Crippen LogP contribution in [-0.2, 0) is 12.8 Å². The maximum atomic E-state index is 13.0. The molecule has 166 valence electrons. The van der Waals surface area contributed by atoms with E-state index in [9.17, 15) is 9.59 Å². The molecule has 6 rings (SSSR count). The third-order valence-electron chi connectivity index (χ3n) is 6.47. The van der Waals surface area contributed by atoms with Gasteiger partial charge < -0.3 is 4.42 Å². The number of ketones is 2. The Morgan fingerprint density at radius 2 is 1.53 bits per heavy atom. The summed E-state index contributed by atoms with van der Waals surface area (Å²) in [7, 11) is 0. The van der Waals surface area contributed by atoms with E-state index in [1.807, 2.05) is 30.3 Å². The van der Waals surface area contributed by atoms with Crippen LogP contribution in [0.5, 0.6) is 0 Å². The summed E-state index contributed by atoms with van der Waals surface area (Å²) in [5.41, 5.74) is 4.93. The number of carbonyl (C=O) groups excluding carboxylic acids is 2. The van der Waals surface area contributed by atoms with E-state index < -0.39 is 0 Å². The molecule has 0 saturated heterocycles. The number of carbonyl (C=O) groups is 2. The quantitative estimate of drug-likeness (QED) is 0.207. The largest absolute Gasteiger partial charge is 0.437 e.